The Balaban J connectivity index is 1.89. The molecule has 1 aromatic heterocycles. The minimum Gasteiger partial charge on any atom is -0.352 e. The lowest BCUT2D eigenvalue weighted by molar-refractivity contribution is 0.0954. The standard InChI is InChI=1S/C14H17N3OS/c1-9-4-5-12(8-10(9)2)14(18)15-7-6-13-17-16-11(3)19-13/h4-5,8H,6-7H2,1-3H3,(H,15,18). The van der Waals surface area contributed by atoms with Crippen molar-refractivity contribution in [1.82, 2.24) is 15.5 Å². The molecule has 0 saturated carbocycles. The second-order valence-corrected chi connectivity index (χ2v) is 5.79. The number of rotatable bonds is 4. The molecular weight excluding hydrogens is 258 g/mol. The van der Waals surface area contributed by atoms with Crippen LogP contribution in [0.5, 0.6) is 0 Å². The Morgan fingerprint density at radius 1 is 1.21 bits per heavy atom. The van der Waals surface area contributed by atoms with E-state index in [9.17, 15) is 4.79 Å². The van der Waals surface area contributed by atoms with Crippen molar-refractivity contribution in [3.63, 3.8) is 0 Å². The average Bonchev–Trinajstić information content (AvgIpc) is 2.78. The summed E-state index contributed by atoms with van der Waals surface area (Å²) in [5, 5.41) is 12.8. The number of nitrogens with one attached hydrogen (secondary N) is 1. The Hall–Kier alpha value is -1.75. The topological polar surface area (TPSA) is 54.9 Å². The van der Waals surface area contributed by atoms with Gasteiger partial charge in [0, 0.05) is 18.5 Å². The van der Waals surface area contributed by atoms with Crippen LogP contribution in [-0.2, 0) is 6.42 Å². The summed E-state index contributed by atoms with van der Waals surface area (Å²) in [6.45, 7) is 6.56. The number of aryl methyl sites for hydroxylation is 3. The van der Waals surface area contributed by atoms with Crippen LogP contribution in [-0.4, -0.2) is 22.6 Å². The zero-order valence-corrected chi connectivity index (χ0v) is 12.2. The molecule has 1 aromatic carbocycles. The maximum atomic E-state index is 12.0. The number of nitrogens with zero attached hydrogens (tertiary/aromatic N) is 2. The van der Waals surface area contributed by atoms with Gasteiger partial charge in [0.2, 0.25) is 0 Å². The molecule has 2 aromatic rings. The van der Waals surface area contributed by atoms with E-state index in [0.717, 1.165) is 22.0 Å². The highest BCUT2D eigenvalue weighted by atomic mass is 32.1. The van der Waals surface area contributed by atoms with Crippen LogP contribution < -0.4 is 5.32 Å². The van der Waals surface area contributed by atoms with Crippen molar-refractivity contribution in [2.75, 3.05) is 6.54 Å². The van der Waals surface area contributed by atoms with E-state index >= 15 is 0 Å². The van der Waals surface area contributed by atoms with Gasteiger partial charge in [0.25, 0.3) is 5.91 Å². The number of benzene rings is 1. The van der Waals surface area contributed by atoms with Gasteiger partial charge in [-0.05, 0) is 44.0 Å². The predicted octanol–water partition coefficient (Wildman–Crippen LogP) is 2.44. The Kier molecular flexibility index (Phi) is 4.27. The first-order valence-corrected chi connectivity index (χ1v) is 7.02. The van der Waals surface area contributed by atoms with E-state index in [1.165, 1.54) is 5.56 Å². The molecule has 1 N–H and O–H groups in total. The quantitative estimate of drug-likeness (QED) is 0.932. The van der Waals surface area contributed by atoms with Crippen LogP contribution >= 0.6 is 11.3 Å². The molecule has 2 rings (SSSR count). The van der Waals surface area contributed by atoms with Crippen LogP contribution in [0.2, 0.25) is 0 Å². The normalized spacial score (nSPS) is 10.5. The summed E-state index contributed by atoms with van der Waals surface area (Å²) in [4.78, 5) is 12.0. The first-order chi connectivity index (χ1) is 9.06. The van der Waals surface area contributed by atoms with Crippen molar-refractivity contribution in [3.05, 3.63) is 44.9 Å². The summed E-state index contributed by atoms with van der Waals surface area (Å²) in [5.41, 5.74) is 3.03. The highest BCUT2D eigenvalue weighted by Crippen LogP contribution is 2.10. The summed E-state index contributed by atoms with van der Waals surface area (Å²) in [7, 11) is 0. The van der Waals surface area contributed by atoms with Crippen molar-refractivity contribution in [1.29, 1.82) is 0 Å². The fourth-order valence-corrected chi connectivity index (χ4v) is 2.41. The molecule has 0 unspecified atom stereocenters. The second kappa shape index (κ2) is 5.93. The van der Waals surface area contributed by atoms with Crippen molar-refractivity contribution >= 4 is 17.2 Å². The summed E-state index contributed by atoms with van der Waals surface area (Å²) in [6.07, 6.45) is 0.724. The third-order valence-electron chi connectivity index (χ3n) is 2.96. The van der Waals surface area contributed by atoms with E-state index in [2.05, 4.69) is 15.5 Å². The van der Waals surface area contributed by atoms with Gasteiger partial charge in [-0.1, -0.05) is 6.07 Å². The molecule has 1 amide bonds. The zero-order chi connectivity index (χ0) is 13.8. The van der Waals surface area contributed by atoms with Gasteiger partial charge in [-0.3, -0.25) is 4.79 Å². The summed E-state index contributed by atoms with van der Waals surface area (Å²) >= 11 is 1.57. The molecule has 5 heteroatoms. The van der Waals surface area contributed by atoms with E-state index in [-0.39, 0.29) is 5.91 Å². The Morgan fingerprint density at radius 2 is 2.00 bits per heavy atom. The van der Waals surface area contributed by atoms with Crippen molar-refractivity contribution in [2.24, 2.45) is 0 Å². The molecule has 100 valence electrons. The third-order valence-corrected chi connectivity index (χ3v) is 3.86. The van der Waals surface area contributed by atoms with Crippen molar-refractivity contribution in [2.45, 2.75) is 27.2 Å². The van der Waals surface area contributed by atoms with Gasteiger partial charge >= 0.3 is 0 Å². The van der Waals surface area contributed by atoms with Gasteiger partial charge in [-0.15, -0.1) is 21.5 Å². The van der Waals surface area contributed by atoms with Crippen LogP contribution in [0.1, 0.15) is 31.5 Å². The monoisotopic (exact) mass is 275 g/mol. The number of amides is 1. The number of carbonyl (C=O) groups is 1. The maximum Gasteiger partial charge on any atom is 0.251 e. The smallest absolute Gasteiger partial charge is 0.251 e. The second-order valence-electron chi connectivity index (χ2n) is 4.52. The lowest BCUT2D eigenvalue weighted by Crippen LogP contribution is -2.25. The molecule has 0 bridgehead atoms. The van der Waals surface area contributed by atoms with E-state index < -0.39 is 0 Å². The van der Waals surface area contributed by atoms with Crippen LogP contribution in [0, 0.1) is 20.8 Å². The van der Waals surface area contributed by atoms with Gasteiger partial charge in [-0.2, -0.15) is 0 Å². The summed E-state index contributed by atoms with van der Waals surface area (Å²) in [6, 6.07) is 5.74. The molecule has 0 radical (unpaired) electrons. The van der Waals surface area contributed by atoms with Crippen molar-refractivity contribution < 1.29 is 4.79 Å². The van der Waals surface area contributed by atoms with Crippen LogP contribution in [0.4, 0.5) is 0 Å². The highest BCUT2D eigenvalue weighted by Gasteiger charge is 2.07. The average molecular weight is 275 g/mol. The number of hydrogen-bond donors (Lipinski definition) is 1. The summed E-state index contributed by atoms with van der Waals surface area (Å²) < 4.78 is 0. The van der Waals surface area contributed by atoms with E-state index in [4.69, 9.17) is 0 Å². The minimum atomic E-state index is -0.0377. The minimum absolute atomic E-state index is 0.0377. The molecule has 0 aliphatic rings. The van der Waals surface area contributed by atoms with Crippen LogP contribution in [0.25, 0.3) is 0 Å². The maximum absolute atomic E-state index is 12.0. The Morgan fingerprint density at radius 3 is 2.63 bits per heavy atom. The largest absolute Gasteiger partial charge is 0.352 e. The van der Waals surface area contributed by atoms with Gasteiger partial charge in [0.05, 0.1) is 0 Å². The molecule has 0 spiro atoms. The first kappa shape index (κ1) is 13.7. The van der Waals surface area contributed by atoms with Gasteiger partial charge in [-0.25, -0.2) is 0 Å². The molecule has 19 heavy (non-hydrogen) atoms. The van der Waals surface area contributed by atoms with Gasteiger partial charge in [0.1, 0.15) is 10.0 Å². The Bertz CT molecular complexity index is 592. The predicted molar refractivity (Wildman–Crippen MR) is 76.6 cm³/mol. The number of carbonyl (C=O) groups excluding carboxylic acids is 1. The lowest BCUT2D eigenvalue weighted by atomic mass is 10.1. The number of aromatic nitrogens is 2. The van der Waals surface area contributed by atoms with Gasteiger partial charge in [0.15, 0.2) is 0 Å². The molecular formula is C14H17N3OS. The van der Waals surface area contributed by atoms with Gasteiger partial charge < -0.3 is 5.32 Å². The van der Waals surface area contributed by atoms with Crippen LogP contribution in [0.15, 0.2) is 18.2 Å². The molecule has 0 fully saturated rings. The SMILES string of the molecule is Cc1nnc(CCNC(=O)c2ccc(C)c(C)c2)s1. The first-order valence-electron chi connectivity index (χ1n) is 6.20. The zero-order valence-electron chi connectivity index (χ0n) is 11.4. The molecule has 4 nitrogen and oxygen atoms in total. The van der Waals surface area contributed by atoms with Crippen molar-refractivity contribution in [3.8, 4) is 0 Å². The van der Waals surface area contributed by atoms with E-state index in [1.54, 1.807) is 11.3 Å². The van der Waals surface area contributed by atoms with E-state index in [1.807, 2.05) is 39.0 Å². The van der Waals surface area contributed by atoms with E-state index in [0.29, 0.717) is 12.1 Å². The Labute approximate surface area is 116 Å². The number of hydrogen-bond acceptors (Lipinski definition) is 4. The summed E-state index contributed by atoms with van der Waals surface area (Å²) in [5.74, 6) is -0.0377. The fraction of sp³-hybridized carbons (Fsp3) is 0.357. The molecule has 1 heterocycles. The fourth-order valence-electron chi connectivity index (χ4n) is 1.71. The molecule has 0 saturated heterocycles. The highest BCUT2D eigenvalue weighted by molar-refractivity contribution is 7.11. The van der Waals surface area contributed by atoms with Crippen LogP contribution in [0.3, 0.4) is 0 Å². The molecule has 0 aliphatic carbocycles. The third kappa shape index (κ3) is 3.61. The molecule has 0 aliphatic heterocycles. The lowest BCUT2D eigenvalue weighted by Gasteiger charge is -2.06. The molecule has 0 atom stereocenters.